The molecule has 0 spiro atoms. The summed E-state index contributed by atoms with van der Waals surface area (Å²) >= 11 is 16.4. The lowest BCUT2D eigenvalue weighted by Gasteiger charge is -2.25. The van der Waals surface area contributed by atoms with Crippen molar-refractivity contribution in [3.63, 3.8) is 0 Å². The van der Waals surface area contributed by atoms with E-state index in [1.54, 1.807) is 13.0 Å². The second-order valence-electron chi connectivity index (χ2n) is 5.78. The van der Waals surface area contributed by atoms with Crippen LogP contribution in [0.15, 0.2) is 12.7 Å². The Hall–Kier alpha value is -0.780. The molecule has 8 heteroatoms. The van der Waals surface area contributed by atoms with Gasteiger partial charge in [-0.15, -0.1) is 6.58 Å². The molecule has 0 bridgehead atoms. The van der Waals surface area contributed by atoms with Gasteiger partial charge in [0.25, 0.3) is 0 Å². The van der Waals surface area contributed by atoms with E-state index in [2.05, 4.69) is 6.58 Å². The highest BCUT2D eigenvalue weighted by atomic mass is 35.6. The Labute approximate surface area is 151 Å². The molecule has 132 valence electrons. The van der Waals surface area contributed by atoms with Gasteiger partial charge in [-0.3, -0.25) is 4.79 Å². The molecule has 0 saturated carbocycles. The number of ketones is 1. The van der Waals surface area contributed by atoms with Gasteiger partial charge >= 0.3 is 6.16 Å². The van der Waals surface area contributed by atoms with Crippen LogP contribution in [0.5, 0.6) is 0 Å². The van der Waals surface area contributed by atoms with E-state index in [9.17, 15) is 14.4 Å². The fourth-order valence-electron chi connectivity index (χ4n) is 1.58. The molecule has 0 aromatic rings. The van der Waals surface area contributed by atoms with E-state index >= 15 is 0 Å². The molecule has 0 N–H and O–H groups in total. The van der Waals surface area contributed by atoms with E-state index in [1.165, 1.54) is 13.8 Å². The average molecular weight is 388 g/mol. The molecule has 0 aromatic heterocycles. The van der Waals surface area contributed by atoms with Gasteiger partial charge in [-0.25, -0.2) is 4.79 Å². The third-order valence-electron chi connectivity index (χ3n) is 3.17. The molecule has 0 aliphatic carbocycles. The molecule has 0 radical (unpaired) electrons. The lowest BCUT2D eigenvalue weighted by atomic mass is 9.84. The minimum absolute atomic E-state index is 0.121. The van der Waals surface area contributed by atoms with Crippen LogP contribution in [0.1, 0.15) is 33.6 Å². The number of allylic oxidation sites excluding steroid dienone is 1. The first-order valence-electron chi connectivity index (χ1n) is 6.93. The highest BCUT2D eigenvalue weighted by molar-refractivity contribution is 6.67. The van der Waals surface area contributed by atoms with Crippen molar-refractivity contribution in [1.82, 2.24) is 0 Å². The van der Waals surface area contributed by atoms with E-state index in [0.717, 1.165) is 0 Å². The van der Waals surface area contributed by atoms with Crippen LogP contribution in [0.25, 0.3) is 0 Å². The van der Waals surface area contributed by atoms with Crippen molar-refractivity contribution in [2.45, 2.75) is 43.5 Å². The SMILES string of the molecule is C=CCC(C)[C@H](CC(=O)C(C)(C)C=O)OC(=O)OCC(Cl)(Cl)Cl. The predicted molar refractivity (Wildman–Crippen MR) is 90.0 cm³/mol. The number of carbonyl (C=O) groups is 3. The van der Waals surface area contributed by atoms with Gasteiger partial charge in [0.2, 0.25) is 3.79 Å². The Morgan fingerprint density at radius 2 is 1.83 bits per heavy atom. The Morgan fingerprint density at radius 3 is 2.26 bits per heavy atom. The highest BCUT2D eigenvalue weighted by Crippen LogP contribution is 2.27. The number of aldehydes is 1. The van der Waals surface area contributed by atoms with Crippen molar-refractivity contribution in [3.8, 4) is 0 Å². The number of alkyl halides is 3. The largest absolute Gasteiger partial charge is 0.508 e. The molecule has 0 aromatic carbocycles. The number of carbonyl (C=O) groups excluding carboxylic acids is 3. The molecule has 5 nitrogen and oxygen atoms in total. The molecule has 2 atom stereocenters. The van der Waals surface area contributed by atoms with Crippen molar-refractivity contribution >= 4 is 53.0 Å². The second-order valence-corrected chi connectivity index (χ2v) is 8.29. The number of rotatable bonds is 9. The Balaban J connectivity index is 4.89. The van der Waals surface area contributed by atoms with Gasteiger partial charge in [-0.05, 0) is 26.2 Å². The molecule has 0 rings (SSSR count). The zero-order chi connectivity index (χ0) is 18.3. The molecule has 0 heterocycles. The van der Waals surface area contributed by atoms with Crippen molar-refractivity contribution < 1.29 is 23.9 Å². The summed E-state index contributed by atoms with van der Waals surface area (Å²) in [6.07, 6.45) is 0.770. The first-order chi connectivity index (χ1) is 10.4. The first-order valence-corrected chi connectivity index (χ1v) is 8.07. The summed E-state index contributed by atoms with van der Waals surface area (Å²) in [5, 5.41) is 0. The summed E-state index contributed by atoms with van der Waals surface area (Å²) in [6, 6.07) is 0. The molecule has 0 aliphatic rings. The van der Waals surface area contributed by atoms with Crippen LogP contribution in [0.2, 0.25) is 0 Å². The van der Waals surface area contributed by atoms with Gasteiger partial charge in [0.05, 0.1) is 5.41 Å². The number of hydrogen-bond donors (Lipinski definition) is 0. The van der Waals surface area contributed by atoms with Crippen LogP contribution in [-0.2, 0) is 19.1 Å². The smallest absolute Gasteiger partial charge is 0.430 e. The fraction of sp³-hybridized carbons (Fsp3) is 0.667. The van der Waals surface area contributed by atoms with Crippen molar-refractivity contribution in [2.75, 3.05) is 6.61 Å². The summed E-state index contributed by atoms with van der Waals surface area (Å²) < 4.78 is 8.09. The van der Waals surface area contributed by atoms with Gasteiger partial charge in [0.1, 0.15) is 24.8 Å². The van der Waals surface area contributed by atoms with Crippen LogP contribution >= 0.6 is 34.8 Å². The normalized spacial score (nSPS) is 14.5. The Bertz CT molecular complexity index is 443. The molecular weight excluding hydrogens is 367 g/mol. The zero-order valence-corrected chi connectivity index (χ0v) is 15.6. The molecule has 0 aliphatic heterocycles. The number of Topliss-reactive ketones (excluding diaryl/α,β-unsaturated/α-hetero) is 1. The molecule has 1 unspecified atom stereocenters. The quantitative estimate of drug-likeness (QED) is 0.194. The summed E-state index contributed by atoms with van der Waals surface area (Å²) in [5.74, 6) is -0.540. The summed E-state index contributed by atoms with van der Waals surface area (Å²) in [4.78, 5) is 34.8. The summed E-state index contributed by atoms with van der Waals surface area (Å²) in [7, 11) is 0. The van der Waals surface area contributed by atoms with Crippen molar-refractivity contribution in [1.29, 1.82) is 0 Å². The van der Waals surface area contributed by atoms with Crippen LogP contribution in [0.3, 0.4) is 0 Å². The minimum atomic E-state index is -1.75. The maximum Gasteiger partial charge on any atom is 0.508 e. The van der Waals surface area contributed by atoms with Gasteiger partial charge in [0, 0.05) is 6.42 Å². The van der Waals surface area contributed by atoms with Crippen LogP contribution < -0.4 is 0 Å². The first kappa shape index (κ1) is 22.2. The van der Waals surface area contributed by atoms with Crippen molar-refractivity contribution in [2.24, 2.45) is 11.3 Å². The van der Waals surface area contributed by atoms with Crippen LogP contribution in [0.4, 0.5) is 4.79 Å². The van der Waals surface area contributed by atoms with Crippen molar-refractivity contribution in [3.05, 3.63) is 12.7 Å². The molecule has 0 saturated heterocycles. The monoisotopic (exact) mass is 386 g/mol. The summed E-state index contributed by atoms with van der Waals surface area (Å²) in [6.45, 7) is 7.92. The van der Waals surface area contributed by atoms with Gasteiger partial charge in [0.15, 0.2) is 0 Å². The minimum Gasteiger partial charge on any atom is -0.430 e. The molecule has 23 heavy (non-hydrogen) atoms. The fourth-order valence-corrected chi connectivity index (χ4v) is 1.75. The Kier molecular flexibility index (Phi) is 9.18. The van der Waals surface area contributed by atoms with E-state index in [4.69, 9.17) is 44.3 Å². The number of ether oxygens (including phenoxy) is 2. The maximum atomic E-state index is 12.2. The molecular formula is C15H21Cl3O5. The standard InChI is InChI=1S/C15H21Cl3O5/c1-5-6-10(2)11(7-12(20)14(3,4)8-19)23-13(21)22-9-15(16,17)18/h5,8,10-11H,1,6-7,9H2,2-4H3/t10?,11-/m0/s1. The van der Waals surface area contributed by atoms with Gasteiger partial charge in [-0.1, -0.05) is 47.8 Å². The average Bonchev–Trinajstić information content (AvgIpc) is 2.43. The topological polar surface area (TPSA) is 69.7 Å². The highest BCUT2D eigenvalue weighted by Gasteiger charge is 2.33. The Morgan fingerprint density at radius 1 is 1.26 bits per heavy atom. The lowest BCUT2D eigenvalue weighted by Crippen LogP contribution is -2.34. The van der Waals surface area contributed by atoms with E-state index in [-0.39, 0.29) is 18.1 Å². The van der Waals surface area contributed by atoms with E-state index in [0.29, 0.717) is 12.7 Å². The summed E-state index contributed by atoms with van der Waals surface area (Å²) in [5.41, 5.74) is -1.16. The zero-order valence-electron chi connectivity index (χ0n) is 13.3. The third kappa shape index (κ3) is 9.18. The van der Waals surface area contributed by atoms with Gasteiger partial charge < -0.3 is 14.3 Å². The van der Waals surface area contributed by atoms with Gasteiger partial charge in [-0.2, -0.15) is 0 Å². The van der Waals surface area contributed by atoms with E-state index in [1.807, 2.05) is 0 Å². The van der Waals surface area contributed by atoms with Crippen LogP contribution in [0, 0.1) is 11.3 Å². The third-order valence-corrected chi connectivity index (χ3v) is 3.50. The lowest BCUT2D eigenvalue weighted by molar-refractivity contribution is -0.134. The van der Waals surface area contributed by atoms with E-state index < -0.39 is 28.1 Å². The molecule has 0 fully saturated rings. The number of halogens is 3. The predicted octanol–water partition coefficient (Wildman–Crippen LogP) is 4.27. The second kappa shape index (κ2) is 9.50. The maximum absolute atomic E-state index is 12.2. The number of hydrogen-bond acceptors (Lipinski definition) is 5. The van der Waals surface area contributed by atoms with Crippen LogP contribution in [-0.4, -0.2) is 34.7 Å². The molecule has 0 amide bonds.